The third kappa shape index (κ3) is 3.31. The molecule has 2 N–H and O–H groups in total. The molecule has 6 rings (SSSR count). The van der Waals surface area contributed by atoms with Gasteiger partial charge in [-0.15, -0.1) is 0 Å². The first-order valence-electron chi connectivity index (χ1n) is 10.7. The Morgan fingerprint density at radius 1 is 0.914 bits per heavy atom. The highest BCUT2D eigenvalue weighted by Gasteiger charge is 2.34. The molecule has 3 aromatic carbocycles. The zero-order valence-electron chi connectivity index (χ0n) is 18.4. The molecule has 0 radical (unpaired) electrons. The molecule has 0 fully saturated rings. The van der Waals surface area contributed by atoms with Crippen LogP contribution in [-0.2, 0) is 4.79 Å². The minimum Gasteiger partial charge on any atom is -0.507 e. The molecule has 0 spiro atoms. The van der Waals surface area contributed by atoms with Crippen LogP contribution in [0.1, 0.15) is 23.5 Å². The highest BCUT2D eigenvalue weighted by atomic mass is 16.7. The van der Waals surface area contributed by atoms with E-state index >= 15 is 0 Å². The molecular weight excluding hydrogens is 456 g/mol. The molecule has 3 heterocycles. The number of phenols is 2. The summed E-state index contributed by atoms with van der Waals surface area (Å²) in [6.45, 7) is 0.103. The Morgan fingerprint density at radius 3 is 2.54 bits per heavy atom. The lowest BCUT2D eigenvalue weighted by Gasteiger charge is -2.26. The van der Waals surface area contributed by atoms with Gasteiger partial charge in [0.05, 0.1) is 13.5 Å². The lowest BCUT2D eigenvalue weighted by Crippen LogP contribution is -2.22. The normalized spacial score (nSPS) is 16.1. The summed E-state index contributed by atoms with van der Waals surface area (Å²) in [5, 5.41) is 20.8. The molecule has 4 aromatic rings. The second kappa shape index (κ2) is 7.69. The van der Waals surface area contributed by atoms with E-state index in [4.69, 9.17) is 23.4 Å². The second-order valence-electron chi connectivity index (χ2n) is 8.22. The quantitative estimate of drug-likeness (QED) is 0.334. The van der Waals surface area contributed by atoms with E-state index in [2.05, 4.69) is 0 Å². The fourth-order valence-corrected chi connectivity index (χ4v) is 4.56. The van der Waals surface area contributed by atoms with Gasteiger partial charge in [-0.3, -0.25) is 9.59 Å². The first-order chi connectivity index (χ1) is 16.9. The zero-order chi connectivity index (χ0) is 24.3. The monoisotopic (exact) mass is 474 g/mol. The van der Waals surface area contributed by atoms with E-state index in [1.165, 1.54) is 25.3 Å². The van der Waals surface area contributed by atoms with Crippen molar-refractivity contribution in [2.45, 2.75) is 12.3 Å². The molecule has 2 aliphatic heterocycles. The number of aromatic hydroxyl groups is 2. The van der Waals surface area contributed by atoms with Crippen molar-refractivity contribution in [2.75, 3.05) is 13.9 Å². The van der Waals surface area contributed by atoms with Crippen LogP contribution >= 0.6 is 0 Å². The highest BCUT2D eigenvalue weighted by Crippen LogP contribution is 2.47. The number of hydrogen-bond donors (Lipinski definition) is 2. The van der Waals surface area contributed by atoms with Crippen LogP contribution in [0, 0.1) is 0 Å². The van der Waals surface area contributed by atoms with E-state index in [1.54, 1.807) is 24.3 Å². The van der Waals surface area contributed by atoms with Crippen molar-refractivity contribution in [3.05, 3.63) is 69.9 Å². The van der Waals surface area contributed by atoms with Crippen LogP contribution in [0.3, 0.4) is 0 Å². The number of carbonyl (C=O) groups is 1. The van der Waals surface area contributed by atoms with E-state index in [0.29, 0.717) is 22.6 Å². The molecule has 1 atom stereocenters. The predicted molar refractivity (Wildman–Crippen MR) is 122 cm³/mol. The van der Waals surface area contributed by atoms with Gasteiger partial charge >= 0.3 is 5.97 Å². The summed E-state index contributed by atoms with van der Waals surface area (Å²) in [6.07, 6.45) is -0.0101. The maximum atomic E-state index is 13.1. The standard InChI is InChI=1S/C26H18O9/c1-31-18-4-3-13(6-15(18)27)20-9-16(28)25-17(29)10-22-24(26(25)35-20)14(8-23(30)34-22)12-2-5-19-21(7-12)33-11-32-19/h2-7,9-10,14,27,29H,8,11H2,1H3/t14-/m0/s1. The molecule has 0 aliphatic carbocycles. The van der Waals surface area contributed by atoms with Gasteiger partial charge in [0.25, 0.3) is 0 Å². The van der Waals surface area contributed by atoms with Gasteiger partial charge in [0.1, 0.15) is 28.2 Å². The molecule has 0 saturated carbocycles. The molecule has 0 unspecified atom stereocenters. The van der Waals surface area contributed by atoms with Crippen molar-refractivity contribution in [3.8, 4) is 45.8 Å². The van der Waals surface area contributed by atoms with E-state index in [-0.39, 0.29) is 52.9 Å². The first kappa shape index (κ1) is 20.9. The average Bonchev–Trinajstić information content (AvgIpc) is 3.31. The van der Waals surface area contributed by atoms with Crippen LogP contribution in [0.15, 0.2) is 57.7 Å². The Balaban J connectivity index is 1.60. The van der Waals surface area contributed by atoms with Crippen molar-refractivity contribution in [2.24, 2.45) is 0 Å². The van der Waals surface area contributed by atoms with E-state index < -0.39 is 17.3 Å². The summed E-state index contributed by atoms with van der Waals surface area (Å²) in [7, 11) is 1.43. The Hall–Kier alpha value is -4.66. The first-order valence-corrected chi connectivity index (χ1v) is 10.7. The van der Waals surface area contributed by atoms with Crippen molar-refractivity contribution in [1.82, 2.24) is 0 Å². The number of phenolic OH excluding ortho intramolecular Hbond substituents is 2. The summed E-state index contributed by atoms with van der Waals surface area (Å²) in [6, 6.07) is 12.4. The van der Waals surface area contributed by atoms with Gasteiger partial charge in [0.2, 0.25) is 6.79 Å². The Morgan fingerprint density at radius 2 is 1.74 bits per heavy atom. The van der Waals surface area contributed by atoms with Crippen LogP contribution in [0.2, 0.25) is 0 Å². The van der Waals surface area contributed by atoms with Crippen molar-refractivity contribution in [3.63, 3.8) is 0 Å². The number of methoxy groups -OCH3 is 1. The summed E-state index contributed by atoms with van der Waals surface area (Å²) >= 11 is 0. The van der Waals surface area contributed by atoms with Crippen molar-refractivity contribution >= 4 is 16.9 Å². The third-order valence-corrected chi connectivity index (χ3v) is 6.19. The Kier molecular flexibility index (Phi) is 4.60. The molecule has 1 aromatic heterocycles. The maximum absolute atomic E-state index is 13.1. The average molecular weight is 474 g/mol. The highest BCUT2D eigenvalue weighted by molar-refractivity contribution is 5.93. The van der Waals surface area contributed by atoms with E-state index in [0.717, 1.165) is 5.56 Å². The molecular formula is C26H18O9. The zero-order valence-corrected chi connectivity index (χ0v) is 18.4. The molecule has 9 heteroatoms. The van der Waals surface area contributed by atoms with Gasteiger partial charge in [-0.25, -0.2) is 0 Å². The molecule has 0 saturated heterocycles. The molecule has 2 aliphatic rings. The molecule has 35 heavy (non-hydrogen) atoms. The molecule has 0 amide bonds. The van der Waals surface area contributed by atoms with Gasteiger partial charge in [0.15, 0.2) is 28.4 Å². The lowest BCUT2D eigenvalue weighted by atomic mass is 9.85. The second-order valence-corrected chi connectivity index (χ2v) is 8.22. The minimum atomic E-state index is -0.536. The topological polar surface area (TPSA) is 125 Å². The van der Waals surface area contributed by atoms with Gasteiger partial charge in [0, 0.05) is 29.2 Å². The summed E-state index contributed by atoms with van der Waals surface area (Å²) in [5.41, 5.74) is 1.21. The van der Waals surface area contributed by atoms with Crippen molar-refractivity contribution in [1.29, 1.82) is 0 Å². The van der Waals surface area contributed by atoms with Crippen LogP contribution in [0.4, 0.5) is 0 Å². The molecule has 9 nitrogen and oxygen atoms in total. The summed E-state index contributed by atoms with van der Waals surface area (Å²) in [5.74, 6) is 0.152. The number of ether oxygens (including phenoxy) is 4. The fraction of sp³-hybridized carbons (Fsp3) is 0.154. The van der Waals surface area contributed by atoms with E-state index in [1.807, 2.05) is 6.07 Å². The largest absolute Gasteiger partial charge is 0.507 e. The minimum absolute atomic E-state index is 0.0101. The number of benzene rings is 3. The van der Waals surface area contributed by atoms with Crippen molar-refractivity contribution < 1.29 is 38.4 Å². The third-order valence-electron chi connectivity index (χ3n) is 6.19. The van der Waals surface area contributed by atoms with E-state index in [9.17, 15) is 19.8 Å². The predicted octanol–water partition coefficient (Wildman–Crippen LogP) is 4.05. The number of esters is 1. The Labute approximate surface area is 197 Å². The number of carbonyl (C=O) groups excluding carboxylic acids is 1. The number of fused-ring (bicyclic) bond motifs is 4. The summed E-state index contributed by atoms with van der Waals surface area (Å²) < 4.78 is 27.5. The van der Waals surface area contributed by atoms with Gasteiger partial charge in [-0.05, 0) is 35.9 Å². The smallest absolute Gasteiger partial charge is 0.312 e. The van der Waals surface area contributed by atoms with Crippen LogP contribution < -0.4 is 24.4 Å². The summed E-state index contributed by atoms with van der Waals surface area (Å²) in [4.78, 5) is 25.5. The fourth-order valence-electron chi connectivity index (χ4n) is 4.56. The Bertz CT molecular complexity index is 1580. The van der Waals surface area contributed by atoms with Gasteiger partial charge < -0.3 is 33.6 Å². The maximum Gasteiger partial charge on any atom is 0.312 e. The number of hydrogen-bond acceptors (Lipinski definition) is 9. The number of rotatable bonds is 3. The SMILES string of the molecule is COc1ccc(-c2cc(=O)c3c(O)cc4c(c3o2)[C@H](c2ccc3c(c2)OCO3)CC(=O)O4)cc1O. The van der Waals surface area contributed by atoms with Gasteiger partial charge in [-0.2, -0.15) is 0 Å². The van der Waals surface area contributed by atoms with Gasteiger partial charge in [-0.1, -0.05) is 6.07 Å². The van der Waals surface area contributed by atoms with Crippen LogP contribution in [-0.4, -0.2) is 30.1 Å². The molecule has 176 valence electrons. The molecule has 0 bridgehead atoms. The van der Waals surface area contributed by atoms with Crippen LogP contribution in [0.5, 0.6) is 34.5 Å². The van der Waals surface area contributed by atoms with Crippen LogP contribution in [0.25, 0.3) is 22.3 Å². The lowest BCUT2D eigenvalue weighted by molar-refractivity contribution is -0.135.